The molecule has 0 bridgehead atoms. The zero-order valence-electron chi connectivity index (χ0n) is 9.83. The maximum absolute atomic E-state index is 5.92. The SMILES string of the molecule is Cc1nn(C)c2c(C3(CN)CC3)cccc12. The first-order valence-corrected chi connectivity index (χ1v) is 5.81. The van der Waals surface area contributed by atoms with E-state index in [9.17, 15) is 0 Å². The van der Waals surface area contributed by atoms with Gasteiger partial charge in [-0.15, -0.1) is 0 Å². The van der Waals surface area contributed by atoms with Crippen molar-refractivity contribution in [2.24, 2.45) is 12.8 Å². The lowest BCUT2D eigenvalue weighted by Gasteiger charge is -2.14. The molecule has 0 atom stereocenters. The van der Waals surface area contributed by atoms with Gasteiger partial charge in [-0.3, -0.25) is 4.68 Å². The Morgan fingerprint density at radius 2 is 2.19 bits per heavy atom. The van der Waals surface area contributed by atoms with Crippen molar-refractivity contribution >= 4 is 10.9 Å². The number of fused-ring (bicyclic) bond motifs is 1. The first-order chi connectivity index (χ1) is 7.68. The molecule has 0 amide bonds. The second-order valence-corrected chi connectivity index (χ2v) is 4.90. The molecular formula is C13H17N3. The van der Waals surface area contributed by atoms with Crippen molar-refractivity contribution in [3.63, 3.8) is 0 Å². The summed E-state index contributed by atoms with van der Waals surface area (Å²) in [5, 5.41) is 5.77. The van der Waals surface area contributed by atoms with E-state index in [1.165, 1.54) is 29.3 Å². The Labute approximate surface area is 95.2 Å². The van der Waals surface area contributed by atoms with Gasteiger partial charge in [-0.2, -0.15) is 5.10 Å². The highest BCUT2D eigenvalue weighted by molar-refractivity contribution is 5.86. The Hall–Kier alpha value is -1.35. The molecule has 84 valence electrons. The van der Waals surface area contributed by atoms with Crippen molar-refractivity contribution in [1.82, 2.24) is 9.78 Å². The molecule has 16 heavy (non-hydrogen) atoms. The number of nitrogens with two attached hydrogens (primary N) is 1. The summed E-state index contributed by atoms with van der Waals surface area (Å²) in [6.45, 7) is 2.81. The molecule has 1 heterocycles. The summed E-state index contributed by atoms with van der Waals surface area (Å²) in [7, 11) is 2.02. The Balaban J connectivity index is 2.33. The van der Waals surface area contributed by atoms with Crippen molar-refractivity contribution in [2.45, 2.75) is 25.2 Å². The number of aromatic nitrogens is 2. The van der Waals surface area contributed by atoms with E-state index in [1.807, 2.05) is 11.7 Å². The van der Waals surface area contributed by atoms with Crippen LogP contribution in [0.15, 0.2) is 18.2 Å². The zero-order valence-corrected chi connectivity index (χ0v) is 9.83. The molecule has 1 saturated carbocycles. The van der Waals surface area contributed by atoms with E-state index in [2.05, 4.69) is 30.2 Å². The van der Waals surface area contributed by atoms with Crippen LogP contribution in [0.25, 0.3) is 10.9 Å². The number of nitrogens with zero attached hydrogens (tertiary/aromatic N) is 2. The number of hydrogen-bond donors (Lipinski definition) is 1. The summed E-state index contributed by atoms with van der Waals surface area (Å²) in [6, 6.07) is 6.49. The van der Waals surface area contributed by atoms with Crippen molar-refractivity contribution < 1.29 is 0 Å². The van der Waals surface area contributed by atoms with Gasteiger partial charge in [-0.1, -0.05) is 18.2 Å². The number of benzene rings is 1. The minimum atomic E-state index is 0.236. The maximum atomic E-state index is 5.92. The molecule has 1 aromatic heterocycles. The highest BCUT2D eigenvalue weighted by atomic mass is 15.3. The average molecular weight is 215 g/mol. The highest BCUT2D eigenvalue weighted by Crippen LogP contribution is 2.49. The molecule has 0 saturated heterocycles. The Morgan fingerprint density at radius 1 is 1.44 bits per heavy atom. The van der Waals surface area contributed by atoms with E-state index in [0.717, 1.165) is 12.2 Å². The third-order valence-electron chi connectivity index (χ3n) is 3.87. The summed E-state index contributed by atoms with van der Waals surface area (Å²) in [5.41, 5.74) is 9.91. The lowest BCUT2D eigenvalue weighted by atomic mass is 9.93. The summed E-state index contributed by atoms with van der Waals surface area (Å²) in [5.74, 6) is 0. The second kappa shape index (κ2) is 3.08. The van der Waals surface area contributed by atoms with Gasteiger partial charge in [-0.05, 0) is 25.3 Å². The number of hydrogen-bond acceptors (Lipinski definition) is 2. The number of para-hydroxylation sites is 1. The Bertz CT molecular complexity index is 550. The van der Waals surface area contributed by atoms with Crippen LogP contribution in [-0.2, 0) is 12.5 Å². The van der Waals surface area contributed by atoms with Crippen LogP contribution in [0.3, 0.4) is 0 Å². The van der Waals surface area contributed by atoms with Gasteiger partial charge in [0.1, 0.15) is 0 Å². The average Bonchev–Trinajstić information content (AvgIpc) is 3.03. The van der Waals surface area contributed by atoms with Crippen LogP contribution in [0, 0.1) is 6.92 Å². The lowest BCUT2D eigenvalue weighted by Crippen LogP contribution is -2.20. The van der Waals surface area contributed by atoms with Crippen LogP contribution in [0.5, 0.6) is 0 Å². The number of rotatable bonds is 2. The molecule has 1 aliphatic carbocycles. The first kappa shape index (κ1) is 9.85. The molecule has 0 spiro atoms. The van der Waals surface area contributed by atoms with E-state index < -0.39 is 0 Å². The minimum absolute atomic E-state index is 0.236. The Morgan fingerprint density at radius 3 is 2.81 bits per heavy atom. The van der Waals surface area contributed by atoms with Gasteiger partial charge >= 0.3 is 0 Å². The summed E-state index contributed by atoms with van der Waals surface area (Å²) in [6.07, 6.45) is 2.43. The largest absolute Gasteiger partial charge is 0.330 e. The van der Waals surface area contributed by atoms with Crippen LogP contribution in [0.4, 0.5) is 0 Å². The smallest absolute Gasteiger partial charge is 0.0720 e. The predicted molar refractivity (Wildman–Crippen MR) is 65.4 cm³/mol. The predicted octanol–water partition coefficient (Wildman–Crippen LogP) is 1.87. The molecule has 3 heteroatoms. The molecule has 0 aliphatic heterocycles. The molecule has 2 aromatic rings. The number of aryl methyl sites for hydroxylation is 2. The maximum Gasteiger partial charge on any atom is 0.0720 e. The summed E-state index contributed by atoms with van der Waals surface area (Å²) >= 11 is 0. The van der Waals surface area contributed by atoms with E-state index in [0.29, 0.717) is 0 Å². The van der Waals surface area contributed by atoms with Crippen LogP contribution in [0.1, 0.15) is 24.1 Å². The fourth-order valence-corrected chi connectivity index (χ4v) is 2.68. The molecule has 1 aromatic carbocycles. The molecule has 0 radical (unpaired) electrons. The fraction of sp³-hybridized carbons (Fsp3) is 0.462. The molecule has 1 aliphatic rings. The minimum Gasteiger partial charge on any atom is -0.330 e. The first-order valence-electron chi connectivity index (χ1n) is 5.81. The molecular weight excluding hydrogens is 198 g/mol. The van der Waals surface area contributed by atoms with E-state index in [1.54, 1.807) is 0 Å². The summed E-state index contributed by atoms with van der Waals surface area (Å²) < 4.78 is 2.00. The van der Waals surface area contributed by atoms with Crippen molar-refractivity contribution in [1.29, 1.82) is 0 Å². The third-order valence-corrected chi connectivity index (χ3v) is 3.87. The fourth-order valence-electron chi connectivity index (χ4n) is 2.68. The van der Waals surface area contributed by atoms with Crippen molar-refractivity contribution in [3.8, 4) is 0 Å². The molecule has 2 N–H and O–H groups in total. The lowest BCUT2D eigenvalue weighted by molar-refractivity contribution is 0.697. The van der Waals surface area contributed by atoms with E-state index >= 15 is 0 Å². The van der Waals surface area contributed by atoms with Gasteiger partial charge in [0.05, 0.1) is 11.2 Å². The van der Waals surface area contributed by atoms with Crippen LogP contribution >= 0.6 is 0 Å². The topological polar surface area (TPSA) is 43.8 Å². The normalized spacial score (nSPS) is 17.9. The van der Waals surface area contributed by atoms with Gasteiger partial charge in [0, 0.05) is 24.4 Å². The monoisotopic (exact) mass is 215 g/mol. The van der Waals surface area contributed by atoms with E-state index in [-0.39, 0.29) is 5.41 Å². The quantitative estimate of drug-likeness (QED) is 0.831. The summed E-state index contributed by atoms with van der Waals surface area (Å²) in [4.78, 5) is 0. The van der Waals surface area contributed by atoms with Gasteiger partial charge in [-0.25, -0.2) is 0 Å². The molecule has 3 nitrogen and oxygen atoms in total. The second-order valence-electron chi connectivity index (χ2n) is 4.90. The van der Waals surface area contributed by atoms with Crippen molar-refractivity contribution in [2.75, 3.05) is 6.54 Å². The molecule has 0 unspecified atom stereocenters. The van der Waals surface area contributed by atoms with Crippen molar-refractivity contribution in [3.05, 3.63) is 29.5 Å². The van der Waals surface area contributed by atoms with Crippen LogP contribution in [0.2, 0.25) is 0 Å². The molecule has 1 fully saturated rings. The van der Waals surface area contributed by atoms with Crippen LogP contribution in [-0.4, -0.2) is 16.3 Å². The third kappa shape index (κ3) is 1.15. The standard InChI is InChI=1S/C13H17N3/c1-9-10-4-3-5-11(12(10)16(2)15-9)13(8-14)6-7-13/h3-5H,6-8,14H2,1-2H3. The van der Waals surface area contributed by atoms with E-state index in [4.69, 9.17) is 5.73 Å². The molecule has 3 rings (SSSR count). The Kier molecular flexibility index (Phi) is 1.89. The van der Waals surface area contributed by atoms with Gasteiger partial charge in [0.2, 0.25) is 0 Å². The highest BCUT2D eigenvalue weighted by Gasteiger charge is 2.44. The van der Waals surface area contributed by atoms with Crippen LogP contribution < -0.4 is 5.73 Å². The van der Waals surface area contributed by atoms with Gasteiger partial charge in [0.15, 0.2) is 0 Å². The van der Waals surface area contributed by atoms with Gasteiger partial charge in [0.25, 0.3) is 0 Å². The van der Waals surface area contributed by atoms with Gasteiger partial charge < -0.3 is 5.73 Å². The zero-order chi connectivity index (χ0) is 11.3.